The summed E-state index contributed by atoms with van der Waals surface area (Å²) in [6.45, 7) is 0. The van der Waals surface area contributed by atoms with Gasteiger partial charge in [-0.1, -0.05) is 17.8 Å². The fourth-order valence-electron chi connectivity index (χ4n) is 0.284. The Labute approximate surface area is 40.4 Å². The van der Waals surface area contributed by atoms with Crippen molar-refractivity contribution in [1.29, 1.82) is 0 Å². The van der Waals surface area contributed by atoms with E-state index in [-0.39, 0.29) is 5.12 Å². The molecule has 0 N–H and O–H groups in total. The summed E-state index contributed by atoms with van der Waals surface area (Å²) in [6, 6.07) is 0. The van der Waals surface area contributed by atoms with E-state index in [1.165, 1.54) is 11.8 Å². The molecule has 1 heterocycles. The summed E-state index contributed by atoms with van der Waals surface area (Å²) in [5.41, 5.74) is 0. The molecular formula is C4H3OS. The van der Waals surface area contributed by atoms with Crippen molar-refractivity contribution in [3.05, 3.63) is 12.2 Å². The van der Waals surface area contributed by atoms with Crippen molar-refractivity contribution in [3.63, 3.8) is 0 Å². The Hall–Kier alpha value is -0.240. The first-order valence-corrected chi connectivity index (χ1v) is 2.63. The first-order chi connectivity index (χ1) is 2.89. The fourth-order valence-corrected chi connectivity index (χ4v) is 0.769. The number of carbonyl (C=O) groups excluding carboxylic acids is 1. The third-order valence-corrected chi connectivity index (χ3v) is 1.23. The normalized spacial score (nSPS) is 19.7. The molecule has 0 aromatic heterocycles. The van der Waals surface area contributed by atoms with Crippen LogP contribution in [-0.4, -0.2) is 10.9 Å². The van der Waals surface area contributed by atoms with E-state index in [1.54, 1.807) is 6.08 Å². The summed E-state index contributed by atoms with van der Waals surface area (Å²) >= 11 is 1.29. The second-order valence-electron chi connectivity index (χ2n) is 0.947. The molecule has 0 fully saturated rings. The topological polar surface area (TPSA) is 17.1 Å². The van der Waals surface area contributed by atoms with Crippen LogP contribution >= 0.6 is 11.8 Å². The molecule has 0 aliphatic carbocycles. The Kier molecular flexibility index (Phi) is 0.965. The Morgan fingerprint density at radius 3 is 3.00 bits per heavy atom. The van der Waals surface area contributed by atoms with Gasteiger partial charge in [-0.3, -0.25) is 4.79 Å². The number of hydrogen-bond acceptors (Lipinski definition) is 2. The van der Waals surface area contributed by atoms with Gasteiger partial charge in [-0.2, -0.15) is 0 Å². The Morgan fingerprint density at radius 2 is 2.83 bits per heavy atom. The number of carbonyl (C=O) groups is 1. The highest BCUT2D eigenvalue weighted by Gasteiger charge is 2.00. The fraction of sp³-hybridized carbons (Fsp3) is 0.250. The lowest BCUT2D eigenvalue weighted by atomic mass is 10.6. The summed E-state index contributed by atoms with van der Waals surface area (Å²) < 4.78 is 0. The molecule has 6 heavy (non-hydrogen) atoms. The van der Waals surface area contributed by atoms with Crippen molar-refractivity contribution in [1.82, 2.24) is 0 Å². The largest absolute Gasteiger partial charge is 0.282 e. The van der Waals surface area contributed by atoms with E-state index in [0.717, 1.165) is 5.75 Å². The van der Waals surface area contributed by atoms with E-state index < -0.39 is 0 Å². The van der Waals surface area contributed by atoms with Gasteiger partial charge in [0.2, 0.25) is 5.12 Å². The molecule has 1 radical (unpaired) electrons. The molecular weight excluding hydrogens is 96.1 g/mol. The Morgan fingerprint density at radius 1 is 2.00 bits per heavy atom. The molecule has 0 aromatic carbocycles. The average molecular weight is 99.1 g/mol. The molecule has 0 bridgehead atoms. The zero-order valence-corrected chi connectivity index (χ0v) is 3.92. The van der Waals surface area contributed by atoms with E-state index in [4.69, 9.17) is 0 Å². The summed E-state index contributed by atoms with van der Waals surface area (Å²) in [5.74, 6) is 0.818. The van der Waals surface area contributed by atoms with Gasteiger partial charge >= 0.3 is 0 Å². The van der Waals surface area contributed by atoms with Crippen LogP contribution in [0.1, 0.15) is 0 Å². The molecule has 1 aliphatic heterocycles. The van der Waals surface area contributed by atoms with Crippen molar-refractivity contribution < 1.29 is 4.79 Å². The molecule has 1 nitrogen and oxygen atoms in total. The van der Waals surface area contributed by atoms with E-state index >= 15 is 0 Å². The monoisotopic (exact) mass is 99.0 g/mol. The van der Waals surface area contributed by atoms with E-state index in [1.807, 2.05) is 0 Å². The highest BCUT2D eigenvalue weighted by molar-refractivity contribution is 8.14. The van der Waals surface area contributed by atoms with Crippen molar-refractivity contribution in [2.24, 2.45) is 0 Å². The van der Waals surface area contributed by atoms with Crippen LogP contribution in [-0.2, 0) is 4.79 Å². The van der Waals surface area contributed by atoms with Crippen molar-refractivity contribution in [2.45, 2.75) is 0 Å². The zero-order chi connectivity index (χ0) is 4.41. The Bertz CT molecular complexity index is 95.7. The lowest BCUT2D eigenvalue weighted by molar-refractivity contribution is -0.107. The maximum absolute atomic E-state index is 10.1. The second-order valence-corrected chi connectivity index (χ2v) is 1.94. The molecule has 31 valence electrons. The molecule has 0 aromatic rings. The summed E-state index contributed by atoms with van der Waals surface area (Å²) in [4.78, 5) is 10.1. The lowest BCUT2D eigenvalue weighted by Gasteiger charge is -1.71. The quantitative estimate of drug-likeness (QED) is 0.443. The molecule has 1 rings (SSSR count). The van der Waals surface area contributed by atoms with Gasteiger partial charge in [-0.25, -0.2) is 0 Å². The average Bonchev–Trinajstić information content (AvgIpc) is 1.86. The van der Waals surface area contributed by atoms with Gasteiger partial charge in [0.1, 0.15) is 0 Å². The standard InChI is InChI=1S/C4H3OS/c5-4-2-1-3-6-4/h1H,3H2. The van der Waals surface area contributed by atoms with Gasteiger partial charge in [0.15, 0.2) is 0 Å². The minimum Gasteiger partial charge on any atom is -0.282 e. The number of thioether (sulfide) groups is 1. The van der Waals surface area contributed by atoms with Crippen LogP contribution in [0.2, 0.25) is 0 Å². The predicted octanol–water partition coefficient (Wildman–Crippen LogP) is 0.619. The van der Waals surface area contributed by atoms with E-state index in [9.17, 15) is 4.79 Å². The van der Waals surface area contributed by atoms with Gasteiger partial charge in [-0.15, -0.1) is 0 Å². The van der Waals surface area contributed by atoms with Gasteiger partial charge < -0.3 is 0 Å². The van der Waals surface area contributed by atoms with Gasteiger partial charge in [0.05, 0.1) is 0 Å². The van der Waals surface area contributed by atoms with Crippen LogP contribution < -0.4 is 0 Å². The minimum absolute atomic E-state index is 0.0648. The van der Waals surface area contributed by atoms with Gasteiger partial charge in [0, 0.05) is 11.8 Å². The predicted molar refractivity (Wildman–Crippen MR) is 25.3 cm³/mol. The van der Waals surface area contributed by atoms with Crippen molar-refractivity contribution >= 4 is 16.9 Å². The first-order valence-electron chi connectivity index (χ1n) is 1.64. The third kappa shape index (κ3) is 0.627. The molecule has 2 heteroatoms. The van der Waals surface area contributed by atoms with Gasteiger partial charge in [0.25, 0.3) is 0 Å². The second kappa shape index (κ2) is 1.47. The summed E-state index contributed by atoms with van der Waals surface area (Å²) in [7, 11) is 0. The van der Waals surface area contributed by atoms with Gasteiger partial charge in [-0.05, 0) is 0 Å². The zero-order valence-electron chi connectivity index (χ0n) is 3.10. The van der Waals surface area contributed by atoms with Crippen LogP contribution in [0.15, 0.2) is 6.08 Å². The number of rotatable bonds is 0. The molecule has 0 saturated heterocycles. The van der Waals surface area contributed by atoms with Crippen LogP contribution in [0, 0.1) is 6.08 Å². The molecule has 0 amide bonds. The van der Waals surface area contributed by atoms with Crippen molar-refractivity contribution in [2.75, 3.05) is 5.75 Å². The van der Waals surface area contributed by atoms with Crippen LogP contribution in [0.4, 0.5) is 0 Å². The smallest absolute Gasteiger partial charge is 0.220 e. The highest BCUT2D eigenvalue weighted by atomic mass is 32.2. The SMILES string of the molecule is O=C1[C]=CCS1. The molecule has 0 spiro atoms. The highest BCUT2D eigenvalue weighted by Crippen LogP contribution is 2.08. The minimum atomic E-state index is 0.0648. The molecule has 0 saturated carbocycles. The molecule has 0 unspecified atom stereocenters. The molecule has 1 aliphatic rings. The summed E-state index contributed by atoms with van der Waals surface area (Å²) in [6.07, 6.45) is 4.26. The third-order valence-electron chi connectivity index (χ3n) is 0.518. The van der Waals surface area contributed by atoms with Crippen LogP contribution in [0.3, 0.4) is 0 Å². The van der Waals surface area contributed by atoms with E-state index in [0.29, 0.717) is 0 Å². The lowest BCUT2D eigenvalue weighted by Crippen LogP contribution is -1.73. The molecule has 0 atom stereocenters. The Balaban J connectivity index is 2.59. The number of hydrogen-bond donors (Lipinski definition) is 0. The summed E-state index contributed by atoms with van der Waals surface area (Å²) in [5, 5.41) is 0.0648. The first kappa shape index (κ1) is 3.93. The van der Waals surface area contributed by atoms with Crippen LogP contribution in [0.5, 0.6) is 0 Å². The maximum atomic E-state index is 10.1. The van der Waals surface area contributed by atoms with Crippen molar-refractivity contribution in [3.8, 4) is 0 Å². The van der Waals surface area contributed by atoms with Crippen LogP contribution in [0.25, 0.3) is 0 Å². The maximum Gasteiger partial charge on any atom is 0.220 e. The van der Waals surface area contributed by atoms with E-state index in [2.05, 4.69) is 6.08 Å².